The fourth-order valence-corrected chi connectivity index (χ4v) is 4.26. The number of hydrogen-bond donors (Lipinski definition) is 0. The Morgan fingerprint density at radius 2 is 2.07 bits per heavy atom. The van der Waals surface area contributed by atoms with Crippen LogP contribution in [0.4, 0.5) is 13.2 Å². The quantitative estimate of drug-likeness (QED) is 0.791. The highest BCUT2D eigenvalue weighted by Crippen LogP contribution is 2.36. The number of aromatic nitrogens is 3. The van der Waals surface area contributed by atoms with Crippen molar-refractivity contribution in [2.75, 3.05) is 6.54 Å². The van der Waals surface area contributed by atoms with E-state index in [2.05, 4.69) is 10.3 Å². The van der Waals surface area contributed by atoms with Gasteiger partial charge < -0.3 is 9.42 Å². The van der Waals surface area contributed by atoms with Crippen molar-refractivity contribution < 1.29 is 22.5 Å². The molecule has 0 saturated carbocycles. The monoisotopic (exact) mass is 396 g/mol. The second-order valence-electron chi connectivity index (χ2n) is 7.46. The van der Waals surface area contributed by atoms with Gasteiger partial charge in [0.05, 0.1) is 11.7 Å². The molecule has 2 aromatic heterocycles. The maximum atomic E-state index is 13.4. The van der Waals surface area contributed by atoms with Gasteiger partial charge in [-0.3, -0.25) is 9.48 Å². The summed E-state index contributed by atoms with van der Waals surface area (Å²) in [5.74, 6) is 0.405. The summed E-state index contributed by atoms with van der Waals surface area (Å²) in [4.78, 5) is 14.6. The summed E-state index contributed by atoms with van der Waals surface area (Å²) >= 11 is 0. The zero-order valence-electron chi connectivity index (χ0n) is 15.8. The zero-order valence-corrected chi connectivity index (χ0v) is 15.8. The standard InChI is InChI=1S/C19H23F3N4O2/c1-2-12-10-16(28-24-12)15-8-5-9-25(15)17(27)11-26-14-7-4-3-6-13(14)18(23-26)19(20,21)22/h10,15H,2-9,11H2,1H3/t15-/m1/s1. The number of fused-ring (bicyclic) bond motifs is 1. The largest absolute Gasteiger partial charge is 0.435 e. The van der Waals surface area contributed by atoms with Crippen molar-refractivity contribution in [1.29, 1.82) is 0 Å². The number of rotatable bonds is 4. The minimum Gasteiger partial charge on any atom is -0.359 e. The number of likely N-dealkylation sites (tertiary alicyclic amines) is 1. The third kappa shape index (κ3) is 3.42. The third-order valence-electron chi connectivity index (χ3n) is 5.65. The average Bonchev–Trinajstić information content (AvgIpc) is 3.39. The number of nitrogens with zero attached hydrogens (tertiary/aromatic N) is 4. The van der Waals surface area contributed by atoms with Gasteiger partial charge in [0, 0.05) is 23.9 Å². The lowest BCUT2D eigenvalue weighted by atomic mass is 9.95. The van der Waals surface area contributed by atoms with Crippen molar-refractivity contribution >= 4 is 5.91 Å². The van der Waals surface area contributed by atoms with E-state index < -0.39 is 11.9 Å². The molecule has 1 amide bonds. The van der Waals surface area contributed by atoms with Gasteiger partial charge in [-0.15, -0.1) is 0 Å². The normalized spacial score (nSPS) is 19.9. The first-order chi connectivity index (χ1) is 13.4. The Hall–Kier alpha value is -2.32. The zero-order chi connectivity index (χ0) is 19.9. The van der Waals surface area contributed by atoms with Gasteiger partial charge in [-0.05, 0) is 44.9 Å². The molecule has 0 bridgehead atoms. The molecule has 6 nitrogen and oxygen atoms in total. The van der Waals surface area contributed by atoms with E-state index in [0.29, 0.717) is 30.8 Å². The highest BCUT2D eigenvalue weighted by atomic mass is 19.4. The molecule has 0 unspecified atom stereocenters. The molecule has 1 saturated heterocycles. The van der Waals surface area contributed by atoms with Gasteiger partial charge in [0.1, 0.15) is 6.54 Å². The van der Waals surface area contributed by atoms with Gasteiger partial charge >= 0.3 is 6.18 Å². The Morgan fingerprint density at radius 3 is 2.79 bits per heavy atom. The van der Waals surface area contributed by atoms with Gasteiger partial charge in [0.15, 0.2) is 11.5 Å². The first-order valence-corrected chi connectivity index (χ1v) is 9.79. The summed E-state index contributed by atoms with van der Waals surface area (Å²) in [6.07, 6.45) is 0.244. The fraction of sp³-hybridized carbons (Fsp3) is 0.632. The van der Waals surface area contributed by atoms with Crippen LogP contribution < -0.4 is 0 Å². The van der Waals surface area contributed by atoms with E-state index in [1.807, 2.05) is 13.0 Å². The molecule has 28 heavy (non-hydrogen) atoms. The van der Waals surface area contributed by atoms with E-state index in [1.54, 1.807) is 4.90 Å². The molecule has 4 rings (SSSR count). The first-order valence-electron chi connectivity index (χ1n) is 9.79. The van der Waals surface area contributed by atoms with E-state index in [9.17, 15) is 18.0 Å². The Kier molecular flexibility index (Phi) is 4.93. The second kappa shape index (κ2) is 7.25. The number of carbonyl (C=O) groups excluding carboxylic acids is 1. The van der Waals surface area contributed by atoms with Gasteiger partial charge in [-0.1, -0.05) is 12.1 Å². The van der Waals surface area contributed by atoms with Crippen LogP contribution in [0.15, 0.2) is 10.6 Å². The second-order valence-corrected chi connectivity index (χ2v) is 7.46. The van der Waals surface area contributed by atoms with Crippen LogP contribution in [0.5, 0.6) is 0 Å². The Labute approximate surface area is 160 Å². The topological polar surface area (TPSA) is 64.2 Å². The van der Waals surface area contributed by atoms with Crippen molar-refractivity contribution in [3.8, 4) is 0 Å². The van der Waals surface area contributed by atoms with Crippen molar-refractivity contribution in [2.45, 2.75) is 70.6 Å². The van der Waals surface area contributed by atoms with Gasteiger partial charge in [0.25, 0.3) is 0 Å². The lowest BCUT2D eigenvalue weighted by Gasteiger charge is -2.23. The molecule has 9 heteroatoms. The fourth-order valence-electron chi connectivity index (χ4n) is 4.26. The predicted octanol–water partition coefficient (Wildman–Crippen LogP) is 3.69. The molecule has 2 aliphatic rings. The van der Waals surface area contributed by atoms with Crippen molar-refractivity contribution in [1.82, 2.24) is 19.8 Å². The molecule has 3 heterocycles. The van der Waals surface area contributed by atoms with Crippen LogP contribution >= 0.6 is 0 Å². The molecule has 0 N–H and O–H groups in total. The lowest BCUT2D eigenvalue weighted by Crippen LogP contribution is -2.34. The molecule has 1 atom stereocenters. The molecular weight excluding hydrogens is 373 g/mol. The van der Waals surface area contributed by atoms with E-state index >= 15 is 0 Å². The smallest absolute Gasteiger partial charge is 0.359 e. The minimum absolute atomic E-state index is 0.177. The highest BCUT2D eigenvalue weighted by molar-refractivity contribution is 5.77. The van der Waals surface area contributed by atoms with Crippen molar-refractivity contribution in [3.63, 3.8) is 0 Å². The maximum Gasteiger partial charge on any atom is 0.435 e. The Bertz CT molecular complexity index is 871. The van der Waals surface area contributed by atoms with Crippen LogP contribution in [0.1, 0.15) is 67.1 Å². The third-order valence-corrected chi connectivity index (χ3v) is 5.65. The van der Waals surface area contributed by atoms with Crippen LogP contribution in [0.2, 0.25) is 0 Å². The number of carbonyl (C=O) groups is 1. The first kappa shape index (κ1) is 19.0. The number of amides is 1. The van der Waals surface area contributed by atoms with E-state index in [0.717, 1.165) is 37.8 Å². The molecule has 1 aliphatic carbocycles. The van der Waals surface area contributed by atoms with Crippen LogP contribution in [0, 0.1) is 0 Å². The number of halogens is 3. The molecule has 2 aromatic rings. The van der Waals surface area contributed by atoms with Gasteiger partial charge in [0.2, 0.25) is 5.91 Å². The average molecular weight is 396 g/mol. The molecular formula is C19H23F3N4O2. The maximum absolute atomic E-state index is 13.4. The summed E-state index contributed by atoms with van der Waals surface area (Å²) < 4.78 is 46.7. The lowest BCUT2D eigenvalue weighted by molar-refractivity contribution is -0.142. The van der Waals surface area contributed by atoms with Crippen LogP contribution in [0.3, 0.4) is 0 Å². The Morgan fingerprint density at radius 1 is 1.29 bits per heavy atom. The van der Waals surface area contributed by atoms with Gasteiger partial charge in [-0.2, -0.15) is 18.3 Å². The number of alkyl halides is 3. The Balaban J connectivity index is 1.57. The summed E-state index contributed by atoms with van der Waals surface area (Å²) in [6, 6.07) is 1.64. The van der Waals surface area contributed by atoms with Crippen molar-refractivity contribution in [3.05, 3.63) is 34.5 Å². The summed E-state index contributed by atoms with van der Waals surface area (Å²) in [5.41, 5.74) is 0.795. The van der Waals surface area contributed by atoms with Gasteiger partial charge in [-0.25, -0.2) is 0 Å². The van der Waals surface area contributed by atoms with E-state index in [1.165, 1.54) is 4.68 Å². The number of hydrogen-bond acceptors (Lipinski definition) is 4. The summed E-state index contributed by atoms with van der Waals surface area (Å²) in [5, 5.41) is 7.79. The van der Waals surface area contributed by atoms with Crippen LogP contribution in [0.25, 0.3) is 0 Å². The molecule has 1 fully saturated rings. The molecule has 152 valence electrons. The van der Waals surface area contributed by atoms with E-state index in [-0.39, 0.29) is 24.1 Å². The molecule has 1 aliphatic heterocycles. The molecule has 0 spiro atoms. The van der Waals surface area contributed by atoms with Crippen molar-refractivity contribution in [2.24, 2.45) is 0 Å². The van der Waals surface area contributed by atoms with Crippen LogP contribution in [-0.4, -0.2) is 32.3 Å². The van der Waals surface area contributed by atoms with E-state index in [4.69, 9.17) is 4.52 Å². The summed E-state index contributed by atoms with van der Waals surface area (Å²) in [6.45, 7) is 2.35. The highest BCUT2D eigenvalue weighted by Gasteiger charge is 2.40. The number of aryl methyl sites for hydroxylation is 1. The minimum atomic E-state index is -4.50. The van der Waals surface area contributed by atoms with Crippen LogP contribution in [-0.2, 0) is 36.8 Å². The summed E-state index contributed by atoms with van der Waals surface area (Å²) in [7, 11) is 0. The SMILES string of the molecule is CCc1cc([C@H]2CCCN2C(=O)Cn2nc(C(F)(F)F)c3c2CCCC3)on1. The predicted molar refractivity (Wildman–Crippen MR) is 93.4 cm³/mol. The molecule has 0 radical (unpaired) electrons. The molecule has 0 aromatic carbocycles.